The van der Waals surface area contributed by atoms with Crippen molar-refractivity contribution in [2.75, 3.05) is 13.2 Å². The first-order valence-corrected chi connectivity index (χ1v) is 6.10. The Morgan fingerprint density at radius 1 is 1.38 bits per heavy atom. The van der Waals surface area contributed by atoms with Gasteiger partial charge in [-0.05, 0) is 53.6 Å². The summed E-state index contributed by atoms with van der Waals surface area (Å²) < 4.78 is 0.899. The summed E-state index contributed by atoms with van der Waals surface area (Å²) >= 11 is 2.08. The molecule has 0 spiro atoms. The largest absolute Gasteiger partial charge is 0.507 e. The Balaban J connectivity index is 2.55. The number of aromatic hydroxyl groups is 1. The van der Waals surface area contributed by atoms with Crippen molar-refractivity contribution in [2.24, 2.45) is 0 Å². The number of aliphatic hydroxyl groups is 1. The molecule has 1 aromatic carbocycles. The minimum absolute atomic E-state index is 0.0138. The Morgan fingerprint density at radius 2 is 2.12 bits per heavy atom. The van der Waals surface area contributed by atoms with Crippen molar-refractivity contribution in [1.29, 1.82) is 0 Å². The SMILES string of the molecule is O=C(NCCCCO)c1cc(I)ccc1O. The summed E-state index contributed by atoms with van der Waals surface area (Å²) in [4.78, 5) is 11.6. The van der Waals surface area contributed by atoms with E-state index in [1.165, 1.54) is 6.07 Å². The first-order chi connectivity index (χ1) is 7.65. The van der Waals surface area contributed by atoms with E-state index < -0.39 is 0 Å². The number of unbranched alkanes of at least 4 members (excludes halogenated alkanes) is 1. The second-order valence-corrected chi connectivity index (χ2v) is 4.59. The van der Waals surface area contributed by atoms with E-state index in [-0.39, 0.29) is 23.8 Å². The zero-order valence-electron chi connectivity index (χ0n) is 8.74. The van der Waals surface area contributed by atoms with Crippen molar-refractivity contribution >= 4 is 28.5 Å². The van der Waals surface area contributed by atoms with Crippen LogP contribution in [0.2, 0.25) is 0 Å². The number of aliphatic hydroxyl groups excluding tert-OH is 1. The van der Waals surface area contributed by atoms with Crippen LogP contribution in [0.4, 0.5) is 0 Å². The summed E-state index contributed by atoms with van der Waals surface area (Å²) in [5, 5.41) is 20.8. The highest BCUT2D eigenvalue weighted by molar-refractivity contribution is 14.1. The number of phenols is 1. The van der Waals surface area contributed by atoms with E-state index >= 15 is 0 Å². The lowest BCUT2D eigenvalue weighted by molar-refractivity contribution is 0.0949. The fraction of sp³-hybridized carbons (Fsp3) is 0.364. The summed E-state index contributed by atoms with van der Waals surface area (Å²) in [6, 6.07) is 4.88. The van der Waals surface area contributed by atoms with E-state index in [2.05, 4.69) is 27.9 Å². The van der Waals surface area contributed by atoms with Gasteiger partial charge in [0.15, 0.2) is 0 Å². The van der Waals surface area contributed by atoms with E-state index in [1.807, 2.05) is 0 Å². The zero-order chi connectivity index (χ0) is 12.0. The lowest BCUT2D eigenvalue weighted by atomic mass is 10.2. The van der Waals surface area contributed by atoms with Crippen LogP contribution >= 0.6 is 22.6 Å². The fourth-order valence-corrected chi connectivity index (χ4v) is 1.72. The average Bonchev–Trinajstić information content (AvgIpc) is 2.27. The summed E-state index contributed by atoms with van der Waals surface area (Å²) in [6.07, 6.45) is 1.39. The van der Waals surface area contributed by atoms with Gasteiger partial charge in [-0.2, -0.15) is 0 Å². The van der Waals surface area contributed by atoms with Crippen LogP contribution in [0, 0.1) is 3.57 Å². The number of benzene rings is 1. The molecule has 0 atom stereocenters. The standard InChI is InChI=1S/C11H14INO3/c12-8-3-4-10(15)9(7-8)11(16)13-5-1-2-6-14/h3-4,7,14-15H,1-2,5-6H2,(H,13,16). The van der Waals surface area contributed by atoms with Gasteiger partial charge in [0, 0.05) is 16.7 Å². The Labute approximate surface area is 108 Å². The molecule has 0 aliphatic carbocycles. The molecule has 0 radical (unpaired) electrons. The van der Waals surface area contributed by atoms with Crippen molar-refractivity contribution in [2.45, 2.75) is 12.8 Å². The van der Waals surface area contributed by atoms with Crippen LogP contribution in [0.3, 0.4) is 0 Å². The van der Waals surface area contributed by atoms with E-state index in [9.17, 15) is 9.90 Å². The van der Waals surface area contributed by atoms with Gasteiger partial charge in [-0.1, -0.05) is 0 Å². The molecular formula is C11H14INO3. The molecule has 0 unspecified atom stereocenters. The van der Waals surface area contributed by atoms with E-state index in [0.717, 1.165) is 9.99 Å². The number of rotatable bonds is 5. The van der Waals surface area contributed by atoms with Gasteiger partial charge in [-0.25, -0.2) is 0 Å². The van der Waals surface area contributed by atoms with Crippen molar-refractivity contribution in [3.05, 3.63) is 27.3 Å². The Bertz CT molecular complexity index is 368. The maximum atomic E-state index is 11.6. The molecular weight excluding hydrogens is 321 g/mol. The van der Waals surface area contributed by atoms with Crippen LogP contribution in [-0.2, 0) is 0 Å². The van der Waals surface area contributed by atoms with Crippen molar-refractivity contribution in [3.63, 3.8) is 0 Å². The van der Waals surface area contributed by atoms with Crippen molar-refractivity contribution in [3.8, 4) is 5.75 Å². The van der Waals surface area contributed by atoms with Gasteiger partial charge in [0.2, 0.25) is 0 Å². The Kier molecular flexibility index (Phi) is 5.54. The fourth-order valence-electron chi connectivity index (χ4n) is 1.22. The van der Waals surface area contributed by atoms with Gasteiger partial charge in [0.05, 0.1) is 5.56 Å². The predicted octanol–water partition coefficient (Wildman–Crippen LogP) is 1.50. The van der Waals surface area contributed by atoms with Crippen LogP contribution in [0.25, 0.3) is 0 Å². The topological polar surface area (TPSA) is 69.6 Å². The summed E-state index contributed by atoms with van der Waals surface area (Å²) in [5.41, 5.74) is 0.288. The molecule has 0 aliphatic rings. The molecule has 1 amide bonds. The van der Waals surface area contributed by atoms with E-state index in [1.54, 1.807) is 12.1 Å². The maximum absolute atomic E-state index is 11.6. The molecule has 3 N–H and O–H groups in total. The molecule has 1 rings (SSSR count). The molecule has 0 bridgehead atoms. The third-order valence-corrected chi connectivity index (χ3v) is 2.74. The first kappa shape index (κ1) is 13.2. The van der Waals surface area contributed by atoms with Crippen LogP contribution < -0.4 is 5.32 Å². The van der Waals surface area contributed by atoms with E-state index in [4.69, 9.17) is 5.11 Å². The third-order valence-electron chi connectivity index (χ3n) is 2.07. The van der Waals surface area contributed by atoms with Crippen LogP contribution in [0.1, 0.15) is 23.2 Å². The maximum Gasteiger partial charge on any atom is 0.255 e. The minimum atomic E-state index is -0.283. The Hall–Kier alpha value is -0.820. The number of carbonyl (C=O) groups excluding carboxylic acids is 1. The van der Waals surface area contributed by atoms with Crippen molar-refractivity contribution < 1.29 is 15.0 Å². The molecule has 0 saturated carbocycles. The predicted molar refractivity (Wildman–Crippen MR) is 69.5 cm³/mol. The highest BCUT2D eigenvalue weighted by Gasteiger charge is 2.10. The highest BCUT2D eigenvalue weighted by atomic mass is 127. The second-order valence-electron chi connectivity index (χ2n) is 3.35. The van der Waals surface area contributed by atoms with Gasteiger partial charge < -0.3 is 15.5 Å². The van der Waals surface area contributed by atoms with Gasteiger partial charge >= 0.3 is 0 Å². The second kappa shape index (κ2) is 6.70. The van der Waals surface area contributed by atoms with Crippen LogP contribution in [-0.4, -0.2) is 29.3 Å². The molecule has 0 aliphatic heterocycles. The normalized spacial score (nSPS) is 10.1. The molecule has 5 heteroatoms. The first-order valence-electron chi connectivity index (χ1n) is 5.02. The molecule has 88 valence electrons. The van der Waals surface area contributed by atoms with Gasteiger partial charge in [0.25, 0.3) is 5.91 Å². The highest BCUT2D eigenvalue weighted by Crippen LogP contribution is 2.19. The quantitative estimate of drug-likeness (QED) is 0.564. The summed E-state index contributed by atoms with van der Waals surface area (Å²) in [5.74, 6) is -0.297. The molecule has 1 aromatic rings. The lowest BCUT2D eigenvalue weighted by Crippen LogP contribution is -2.24. The summed E-state index contributed by atoms with van der Waals surface area (Å²) in [7, 11) is 0. The van der Waals surface area contributed by atoms with Crippen molar-refractivity contribution in [1.82, 2.24) is 5.32 Å². The number of nitrogens with one attached hydrogen (secondary N) is 1. The average molecular weight is 335 g/mol. The molecule has 0 aromatic heterocycles. The zero-order valence-corrected chi connectivity index (χ0v) is 10.9. The molecule has 0 saturated heterocycles. The molecule has 0 heterocycles. The lowest BCUT2D eigenvalue weighted by Gasteiger charge is -2.06. The Morgan fingerprint density at radius 3 is 2.81 bits per heavy atom. The van der Waals surface area contributed by atoms with Gasteiger partial charge in [-0.15, -0.1) is 0 Å². The monoisotopic (exact) mass is 335 g/mol. The summed E-state index contributed by atoms with van der Waals surface area (Å²) in [6.45, 7) is 0.634. The number of hydrogen-bond acceptors (Lipinski definition) is 3. The molecule has 16 heavy (non-hydrogen) atoms. The van der Waals surface area contributed by atoms with Crippen LogP contribution in [0.5, 0.6) is 5.75 Å². The molecule has 0 fully saturated rings. The minimum Gasteiger partial charge on any atom is -0.507 e. The number of phenolic OH excluding ortho intramolecular Hbond substituents is 1. The number of carbonyl (C=O) groups is 1. The number of amides is 1. The molecule has 4 nitrogen and oxygen atoms in total. The smallest absolute Gasteiger partial charge is 0.255 e. The van der Waals surface area contributed by atoms with Crippen LogP contribution in [0.15, 0.2) is 18.2 Å². The van der Waals surface area contributed by atoms with E-state index in [0.29, 0.717) is 13.0 Å². The number of hydrogen-bond donors (Lipinski definition) is 3. The van der Waals surface area contributed by atoms with Gasteiger partial charge in [0.1, 0.15) is 5.75 Å². The van der Waals surface area contributed by atoms with Gasteiger partial charge in [-0.3, -0.25) is 4.79 Å². The third kappa shape index (κ3) is 3.97. The number of halogens is 1.